The predicted octanol–water partition coefficient (Wildman–Crippen LogP) is 4.26. The van der Waals surface area contributed by atoms with Crippen molar-refractivity contribution in [2.75, 3.05) is 6.61 Å². The van der Waals surface area contributed by atoms with Crippen LogP contribution in [0.3, 0.4) is 0 Å². The van der Waals surface area contributed by atoms with E-state index in [1.54, 1.807) is 12.1 Å². The molecule has 0 aliphatic heterocycles. The standard InChI is InChI=1S/C13H13Cl3FNO2/c1-2-11(20-12(18)13(14,15)16)8-19-7-9-3-5-10(17)6-4-9/h2-6,11,18H,1,7-8H2. The lowest BCUT2D eigenvalue weighted by molar-refractivity contribution is 0.0548. The molecule has 20 heavy (non-hydrogen) atoms. The van der Waals surface area contributed by atoms with Gasteiger partial charge in [0.2, 0.25) is 5.90 Å². The highest BCUT2D eigenvalue weighted by Crippen LogP contribution is 2.28. The zero-order chi connectivity index (χ0) is 15.2. The molecule has 0 saturated carbocycles. The van der Waals surface area contributed by atoms with Crippen molar-refractivity contribution in [1.29, 1.82) is 5.41 Å². The largest absolute Gasteiger partial charge is 0.468 e. The minimum atomic E-state index is -1.92. The van der Waals surface area contributed by atoms with E-state index in [-0.39, 0.29) is 19.0 Å². The van der Waals surface area contributed by atoms with Gasteiger partial charge < -0.3 is 9.47 Å². The molecule has 0 saturated heterocycles. The van der Waals surface area contributed by atoms with Crippen molar-refractivity contribution in [3.05, 3.63) is 48.3 Å². The first kappa shape index (κ1) is 17.2. The lowest BCUT2D eigenvalue weighted by atomic mass is 10.2. The Hall–Kier alpha value is -0.810. The predicted molar refractivity (Wildman–Crippen MR) is 79.1 cm³/mol. The zero-order valence-electron chi connectivity index (χ0n) is 10.4. The number of halogens is 4. The van der Waals surface area contributed by atoms with Crippen LogP contribution in [-0.2, 0) is 16.1 Å². The van der Waals surface area contributed by atoms with Crippen molar-refractivity contribution < 1.29 is 13.9 Å². The number of benzene rings is 1. The van der Waals surface area contributed by atoms with Gasteiger partial charge in [0.25, 0.3) is 3.79 Å². The van der Waals surface area contributed by atoms with Crippen molar-refractivity contribution in [3.8, 4) is 0 Å². The topological polar surface area (TPSA) is 42.3 Å². The molecule has 1 N–H and O–H groups in total. The first-order chi connectivity index (χ1) is 9.32. The van der Waals surface area contributed by atoms with E-state index in [1.165, 1.54) is 18.2 Å². The Morgan fingerprint density at radius 3 is 2.45 bits per heavy atom. The summed E-state index contributed by atoms with van der Waals surface area (Å²) < 4.78 is 21.3. The number of hydrogen-bond acceptors (Lipinski definition) is 3. The van der Waals surface area contributed by atoms with Crippen molar-refractivity contribution in [3.63, 3.8) is 0 Å². The third-order valence-corrected chi connectivity index (χ3v) is 2.77. The van der Waals surface area contributed by atoms with Crippen molar-refractivity contribution in [1.82, 2.24) is 0 Å². The van der Waals surface area contributed by atoms with E-state index >= 15 is 0 Å². The molecule has 0 radical (unpaired) electrons. The molecule has 1 unspecified atom stereocenters. The molecule has 1 rings (SSSR count). The second-order valence-electron chi connectivity index (χ2n) is 3.86. The van der Waals surface area contributed by atoms with Crippen molar-refractivity contribution in [2.45, 2.75) is 16.5 Å². The molecule has 0 bridgehead atoms. The van der Waals surface area contributed by atoms with Crippen LogP contribution in [0, 0.1) is 11.2 Å². The molecule has 0 heterocycles. The molecule has 1 atom stereocenters. The van der Waals surface area contributed by atoms with Gasteiger partial charge in [0, 0.05) is 0 Å². The van der Waals surface area contributed by atoms with Gasteiger partial charge in [0.05, 0.1) is 13.2 Å². The molecule has 0 amide bonds. The third kappa shape index (κ3) is 6.09. The molecule has 0 spiro atoms. The fourth-order valence-electron chi connectivity index (χ4n) is 1.24. The Morgan fingerprint density at radius 1 is 1.35 bits per heavy atom. The van der Waals surface area contributed by atoms with E-state index in [4.69, 9.17) is 49.7 Å². The van der Waals surface area contributed by atoms with E-state index in [9.17, 15) is 4.39 Å². The fourth-order valence-corrected chi connectivity index (χ4v) is 1.38. The molecule has 1 aromatic carbocycles. The Kier molecular flexibility index (Phi) is 6.76. The molecular formula is C13H13Cl3FNO2. The molecule has 0 aliphatic rings. The molecule has 0 aromatic heterocycles. The van der Waals surface area contributed by atoms with E-state index in [0.717, 1.165) is 5.56 Å². The van der Waals surface area contributed by atoms with Crippen molar-refractivity contribution >= 4 is 40.7 Å². The Bertz CT molecular complexity index is 460. The maximum absolute atomic E-state index is 12.7. The average Bonchev–Trinajstić information content (AvgIpc) is 2.38. The number of hydrogen-bond donors (Lipinski definition) is 1. The van der Waals surface area contributed by atoms with Gasteiger partial charge in [-0.25, -0.2) is 4.39 Å². The van der Waals surface area contributed by atoms with Gasteiger partial charge in [-0.2, -0.15) is 0 Å². The molecule has 3 nitrogen and oxygen atoms in total. The molecule has 1 aromatic rings. The summed E-state index contributed by atoms with van der Waals surface area (Å²) in [5, 5.41) is 7.43. The Balaban J connectivity index is 2.40. The normalized spacial score (nSPS) is 12.8. The van der Waals surface area contributed by atoms with E-state index in [1.807, 2.05) is 0 Å². The van der Waals surface area contributed by atoms with Crippen LogP contribution >= 0.6 is 34.8 Å². The third-order valence-electron chi connectivity index (χ3n) is 2.25. The van der Waals surface area contributed by atoms with Crippen LogP contribution in [0.1, 0.15) is 5.56 Å². The van der Waals surface area contributed by atoms with Crippen LogP contribution in [0.4, 0.5) is 4.39 Å². The summed E-state index contributed by atoms with van der Waals surface area (Å²) >= 11 is 16.5. The summed E-state index contributed by atoms with van der Waals surface area (Å²) in [5.41, 5.74) is 0.811. The van der Waals surface area contributed by atoms with Crippen LogP contribution in [-0.4, -0.2) is 22.4 Å². The Morgan fingerprint density at radius 2 is 1.95 bits per heavy atom. The molecule has 0 fully saturated rings. The summed E-state index contributed by atoms with van der Waals surface area (Å²) in [6.45, 7) is 3.95. The maximum atomic E-state index is 12.7. The number of rotatable bonds is 6. The fraction of sp³-hybridized carbons (Fsp3) is 0.308. The summed E-state index contributed by atoms with van der Waals surface area (Å²) in [4.78, 5) is 0. The summed E-state index contributed by atoms with van der Waals surface area (Å²) in [7, 11) is 0. The molecule has 110 valence electrons. The van der Waals surface area contributed by atoms with Gasteiger partial charge >= 0.3 is 0 Å². The highest BCUT2D eigenvalue weighted by Gasteiger charge is 2.30. The van der Waals surface area contributed by atoms with Crippen LogP contribution in [0.5, 0.6) is 0 Å². The lowest BCUT2D eigenvalue weighted by Gasteiger charge is -2.19. The molecular weight excluding hydrogens is 328 g/mol. The van der Waals surface area contributed by atoms with E-state index in [2.05, 4.69) is 6.58 Å². The minimum absolute atomic E-state index is 0.129. The van der Waals surface area contributed by atoms with Crippen LogP contribution in [0.2, 0.25) is 0 Å². The van der Waals surface area contributed by atoms with Crippen molar-refractivity contribution in [2.24, 2.45) is 0 Å². The molecule has 0 aliphatic carbocycles. The Labute approximate surface area is 131 Å². The highest BCUT2D eigenvalue weighted by atomic mass is 35.6. The first-order valence-corrected chi connectivity index (χ1v) is 6.73. The van der Waals surface area contributed by atoms with Gasteiger partial charge in [-0.3, -0.25) is 5.41 Å². The summed E-state index contributed by atoms with van der Waals surface area (Å²) in [5.74, 6) is -0.810. The van der Waals surface area contributed by atoms with Crippen LogP contribution in [0.15, 0.2) is 36.9 Å². The van der Waals surface area contributed by atoms with Gasteiger partial charge in [-0.15, -0.1) is 0 Å². The first-order valence-electron chi connectivity index (χ1n) is 5.60. The van der Waals surface area contributed by atoms with Gasteiger partial charge in [-0.1, -0.05) is 53.5 Å². The van der Waals surface area contributed by atoms with Gasteiger partial charge in [-0.05, 0) is 23.8 Å². The zero-order valence-corrected chi connectivity index (χ0v) is 12.7. The monoisotopic (exact) mass is 339 g/mol. The SMILES string of the molecule is C=CC(COCc1ccc(F)cc1)OC(=N)C(Cl)(Cl)Cl. The maximum Gasteiger partial charge on any atom is 0.265 e. The van der Waals surface area contributed by atoms with E-state index in [0.29, 0.717) is 0 Å². The minimum Gasteiger partial charge on any atom is -0.468 e. The quantitative estimate of drug-likeness (QED) is 0.364. The summed E-state index contributed by atoms with van der Waals surface area (Å²) in [6.07, 6.45) is 0.828. The van der Waals surface area contributed by atoms with E-state index < -0.39 is 15.8 Å². The number of ether oxygens (including phenoxy) is 2. The highest BCUT2D eigenvalue weighted by molar-refractivity contribution is 6.76. The van der Waals surface area contributed by atoms with Crippen LogP contribution < -0.4 is 0 Å². The smallest absolute Gasteiger partial charge is 0.265 e. The molecule has 7 heteroatoms. The number of alkyl halides is 3. The van der Waals surface area contributed by atoms with Crippen LogP contribution in [0.25, 0.3) is 0 Å². The second-order valence-corrected chi connectivity index (χ2v) is 6.14. The lowest BCUT2D eigenvalue weighted by Crippen LogP contribution is -2.28. The van der Waals surface area contributed by atoms with Gasteiger partial charge in [0.15, 0.2) is 0 Å². The summed E-state index contributed by atoms with van der Waals surface area (Å²) in [6, 6.07) is 5.92. The second kappa shape index (κ2) is 7.84. The number of nitrogens with one attached hydrogen (secondary N) is 1. The van der Waals surface area contributed by atoms with Gasteiger partial charge in [0.1, 0.15) is 11.9 Å². The average molecular weight is 341 g/mol.